The molecule has 6 nitrogen and oxygen atoms in total. The Bertz CT molecular complexity index is 1540. The third-order valence-corrected chi connectivity index (χ3v) is 7.48. The lowest BCUT2D eigenvalue weighted by Gasteiger charge is -2.32. The second kappa shape index (κ2) is 9.84. The summed E-state index contributed by atoms with van der Waals surface area (Å²) in [6.45, 7) is 8.23. The van der Waals surface area contributed by atoms with Gasteiger partial charge in [0.05, 0.1) is 11.2 Å². The van der Waals surface area contributed by atoms with Gasteiger partial charge in [-0.15, -0.1) is 0 Å². The van der Waals surface area contributed by atoms with Crippen molar-refractivity contribution in [2.45, 2.75) is 38.9 Å². The van der Waals surface area contributed by atoms with Gasteiger partial charge < -0.3 is 9.31 Å². The maximum Gasteiger partial charge on any atom is 0.494 e. The number of hydrogen-bond donors (Lipinski definition) is 0. The van der Waals surface area contributed by atoms with Crippen LogP contribution in [0.2, 0.25) is 0 Å². The van der Waals surface area contributed by atoms with E-state index in [0.29, 0.717) is 17.5 Å². The molecule has 0 radical (unpaired) electrons. The summed E-state index contributed by atoms with van der Waals surface area (Å²) < 4.78 is 12.8. The number of nitrogens with zero attached hydrogens (tertiary/aromatic N) is 4. The van der Waals surface area contributed by atoms with Gasteiger partial charge in [-0.1, -0.05) is 84.9 Å². The summed E-state index contributed by atoms with van der Waals surface area (Å²) in [5.41, 5.74) is 4.63. The molecule has 1 fully saturated rings. The Morgan fingerprint density at radius 1 is 0.564 bits per heavy atom. The standard InChI is InChI=1S/C32H29BN4O2/c1-31(2)32(3,4)39-33(38-31)25-17-18-26(24-16-11-19-34-21-24)27(20-25)30-36-28(22-12-7-5-8-13-22)35-29(37-30)23-14-9-6-10-15-23/h5-21H,1-4H3. The quantitative estimate of drug-likeness (QED) is 0.260. The lowest BCUT2D eigenvalue weighted by molar-refractivity contribution is 0.00578. The van der Waals surface area contributed by atoms with Crippen molar-refractivity contribution >= 4 is 12.6 Å². The highest BCUT2D eigenvalue weighted by Crippen LogP contribution is 2.38. The van der Waals surface area contributed by atoms with E-state index in [-0.39, 0.29) is 0 Å². The highest BCUT2D eigenvalue weighted by atomic mass is 16.7. The van der Waals surface area contributed by atoms with E-state index in [1.165, 1.54) is 0 Å². The molecule has 6 rings (SSSR count). The third-order valence-electron chi connectivity index (χ3n) is 7.48. The van der Waals surface area contributed by atoms with Crippen molar-refractivity contribution in [3.05, 3.63) is 103 Å². The Labute approximate surface area is 229 Å². The van der Waals surface area contributed by atoms with Gasteiger partial charge in [-0.3, -0.25) is 4.98 Å². The van der Waals surface area contributed by atoms with Crippen LogP contribution in [-0.4, -0.2) is 38.3 Å². The zero-order valence-electron chi connectivity index (χ0n) is 22.5. The number of pyridine rings is 1. The smallest absolute Gasteiger partial charge is 0.399 e. The van der Waals surface area contributed by atoms with Crippen LogP contribution in [0.25, 0.3) is 45.3 Å². The molecule has 7 heteroatoms. The summed E-state index contributed by atoms with van der Waals surface area (Å²) in [5.74, 6) is 1.79. The first kappa shape index (κ1) is 25.1. The molecule has 192 valence electrons. The molecule has 0 saturated carbocycles. The fourth-order valence-corrected chi connectivity index (χ4v) is 4.58. The summed E-state index contributed by atoms with van der Waals surface area (Å²) >= 11 is 0. The summed E-state index contributed by atoms with van der Waals surface area (Å²) in [5, 5.41) is 0. The third kappa shape index (κ3) is 4.87. The molecule has 0 N–H and O–H groups in total. The SMILES string of the molecule is CC1(C)OB(c2ccc(-c3cccnc3)c(-c3nc(-c4ccccc4)nc(-c4ccccc4)n3)c2)OC1(C)C. The molecule has 0 atom stereocenters. The van der Waals surface area contributed by atoms with Crippen molar-refractivity contribution in [2.24, 2.45) is 0 Å². The van der Waals surface area contributed by atoms with Gasteiger partial charge in [-0.25, -0.2) is 15.0 Å². The lowest BCUT2D eigenvalue weighted by Crippen LogP contribution is -2.41. The van der Waals surface area contributed by atoms with Gasteiger partial charge in [0.15, 0.2) is 17.5 Å². The summed E-state index contributed by atoms with van der Waals surface area (Å²) in [4.78, 5) is 19.2. The fraction of sp³-hybridized carbons (Fsp3) is 0.188. The average molecular weight is 512 g/mol. The number of rotatable bonds is 5. The van der Waals surface area contributed by atoms with Gasteiger partial charge in [0.1, 0.15) is 0 Å². The minimum Gasteiger partial charge on any atom is -0.399 e. The van der Waals surface area contributed by atoms with E-state index in [2.05, 4.69) is 44.8 Å². The van der Waals surface area contributed by atoms with E-state index >= 15 is 0 Å². The van der Waals surface area contributed by atoms with Crippen molar-refractivity contribution in [1.82, 2.24) is 19.9 Å². The van der Waals surface area contributed by atoms with E-state index in [9.17, 15) is 0 Å². The lowest BCUT2D eigenvalue weighted by atomic mass is 9.77. The molecule has 0 amide bonds. The van der Waals surface area contributed by atoms with Crippen molar-refractivity contribution in [2.75, 3.05) is 0 Å². The van der Waals surface area contributed by atoms with E-state index in [1.54, 1.807) is 6.20 Å². The predicted octanol–water partition coefficient (Wildman–Crippen LogP) is 6.23. The van der Waals surface area contributed by atoms with Gasteiger partial charge >= 0.3 is 7.12 Å². The number of aromatic nitrogens is 4. The van der Waals surface area contributed by atoms with E-state index in [4.69, 9.17) is 24.3 Å². The molecule has 0 aliphatic carbocycles. The zero-order chi connectivity index (χ0) is 27.0. The highest BCUT2D eigenvalue weighted by Gasteiger charge is 2.51. The molecular weight excluding hydrogens is 483 g/mol. The topological polar surface area (TPSA) is 70.0 Å². The molecule has 5 aromatic rings. The molecule has 1 saturated heterocycles. The predicted molar refractivity (Wildman–Crippen MR) is 155 cm³/mol. The normalized spacial score (nSPS) is 15.8. The molecule has 0 unspecified atom stereocenters. The van der Waals surface area contributed by atoms with Crippen LogP contribution in [-0.2, 0) is 9.31 Å². The van der Waals surface area contributed by atoms with Gasteiger partial charge in [0.2, 0.25) is 0 Å². The Hall–Kier alpha value is -4.20. The van der Waals surface area contributed by atoms with Gasteiger partial charge in [0, 0.05) is 34.6 Å². The minimum atomic E-state index is -0.513. The minimum absolute atomic E-state index is 0.450. The number of benzene rings is 3. The second-order valence-electron chi connectivity index (χ2n) is 10.7. The first-order valence-corrected chi connectivity index (χ1v) is 13.1. The molecule has 3 heterocycles. The fourth-order valence-electron chi connectivity index (χ4n) is 4.58. The summed E-state index contributed by atoms with van der Waals surface area (Å²) in [6.07, 6.45) is 3.62. The van der Waals surface area contributed by atoms with Crippen molar-refractivity contribution in [3.63, 3.8) is 0 Å². The molecule has 0 bridgehead atoms. The van der Waals surface area contributed by atoms with Gasteiger partial charge in [0.25, 0.3) is 0 Å². The molecule has 1 aliphatic heterocycles. The molecular formula is C32H29BN4O2. The first-order valence-electron chi connectivity index (χ1n) is 13.1. The molecule has 39 heavy (non-hydrogen) atoms. The Morgan fingerprint density at radius 2 is 1.10 bits per heavy atom. The monoisotopic (exact) mass is 512 g/mol. The van der Waals surface area contributed by atoms with Crippen LogP contribution < -0.4 is 5.46 Å². The molecule has 0 spiro atoms. The Morgan fingerprint density at radius 3 is 1.64 bits per heavy atom. The van der Waals surface area contributed by atoms with Crippen LogP contribution >= 0.6 is 0 Å². The largest absolute Gasteiger partial charge is 0.494 e. The van der Waals surface area contributed by atoms with Crippen molar-refractivity contribution in [1.29, 1.82) is 0 Å². The van der Waals surface area contributed by atoms with E-state index < -0.39 is 18.3 Å². The van der Waals surface area contributed by atoms with Crippen LogP contribution in [0.3, 0.4) is 0 Å². The van der Waals surface area contributed by atoms with Crippen LogP contribution in [0, 0.1) is 0 Å². The summed E-state index contributed by atoms with van der Waals surface area (Å²) in [7, 11) is -0.513. The maximum atomic E-state index is 6.38. The zero-order valence-corrected chi connectivity index (χ0v) is 22.5. The molecule has 2 aromatic heterocycles. The number of hydrogen-bond acceptors (Lipinski definition) is 6. The molecule has 1 aliphatic rings. The van der Waals surface area contributed by atoms with Crippen LogP contribution in [0.1, 0.15) is 27.7 Å². The van der Waals surface area contributed by atoms with E-state index in [1.807, 2.05) is 85.1 Å². The van der Waals surface area contributed by atoms with Gasteiger partial charge in [-0.05, 0) is 44.8 Å². The second-order valence-corrected chi connectivity index (χ2v) is 10.7. The first-order chi connectivity index (χ1) is 18.8. The van der Waals surface area contributed by atoms with E-state index in [0.717, 1.165) is 33.3 Å². The Balaban J connectivity index is 1.56. The van der Waals surface area contributed by atoms with Crippen molar-refractivity contribution < 1.29 is 9.31 Å². The maximum absolute atomic E-state index is 6.38. The van der Waals surface area contributed by atoms with Crippen LogP contribution in [0.5, 0.6) is 0 Å². The molecule has 3 aromatic carbocycles. The summed E-state index contributed by atoms with van der Waals surface area (Å²) in [6, 6.07) is 30.1. The van der Waals surface area contributed by atoms with Crippen molar-refractivity contribution in [3.8, 4) is 45.3 Å². The van der Waals surface area contributed by atoms with Crippen LogP contribution in [0.4, 0.5) is 0 Å². The van der Waals surface area contributed by atoms with Gasteiger partial charge in [-0.2, -0.15) is 0 Å². The average Bonchev–Trinajstić information content (AvgIpc) is 3.20. The highest BCUT2D eigenvalue weighted by molar-refractivity contribution is 6.62. The Kier molecular flexibility index (Phi) is 6.33. The van der Waals surface area contributed by atoms with Crippen LogP contribution in [0.15, 0.2) is 103 Å².